The van der Waals surface area contributed by atoms with E-state index in [0.717, 1.165) is 11.1 Å². The number of nitrogens with one attached hydrogen (secondary N) is 1. The van der Waals surface area contributed by atoms with E-state index in [1.807, 2.05) is 54.6 Å². The Labute approximate surface area is 168 Å². The van der Waals surface area contributed by atoms with Crippen molar-refractivity contribution in [2.24, 2.45) is 0 Å². The van der Waals surface area contributed by atoms with Gasteiger partial charge in [0.15, 0.2) is 17.6 Å². The molecule has 146 valence electrons. The first-order valence-electron chi connectivity index (χ1n) is 9.18. The molecule has 6 heteroatoms. The summed E-state index contributed by atoms with van der Waals surface area (Å²) < 4.78 is 15.8. The molecule has 0 aliphatic carbocycles. The lowest BCUT2D eigenvalue weighted by atomic mass is 10.0. The standard InChI is InChI=1S/C23H19NO5/c1-15(29-23(26)17-11-12-20-21(13-17)28-14-27-20)22(25)24-19-10-6-5-9-18(19)16-7-3-2-4-8-16/h2-13,15H,14H2,1H3,(H,24,25)/t15-/m1/s1. The zero-order valence-corrected chi connectivity index (χ0v) is 15.8. The van der Waals surface area contributed by atoms with E-state index in [2.05, 4.69) is 5.32 Å². The van der Waals surface area contributed by atoms with Gasteiger partial charge in [-0.05, 0) is 36.8 Å². The van der Waals surface area contributed by atoms with E-state index in [-0.39, 0.29) is 6.79 Å². The summed E-state index contributed by atoms with van der Waals surface area (Å²) in [7, 11) is 0. The minimum absolute atomic E-state index is 0.119. The number of carbonyl (C=O) groups excluding carboxylic acids is 2. The van der Waals surface area contributed by atoms with Gasteiger partial charge < -0.3 is 19.5 Å². The van der Waals surface area contributed by atoms with Gasteiger partial charge in [-0.3, -0.25) is 4.79 Å². The molecule has 0 bridgehead atoms. The molecule has 1 heterocycles. The zero-order valence-electron chi connectivity index (χ0n) is 15.8. The van der Waals surface area contributed by atoms with Crippen LogP contribution in [0.5, 0.6) is 11.5 Å². The minimum Gasteiger partial charge on any atom is -0.454 e. The van der Waals surface area contributed by atoms with Gasteiger partial charge in [0.05, 0.1) is 5.56 Å². The molecule has 29 heavy (non-hydrogen) atoms. The molecule has 0 fully saturated rings. The summed E-state index contributed by atoms with van der Waals surface area (Å²) in [4.78, 5) is 25.0. The first-order chi connectivity index (χ1) is 14.1. The van der Waals surface area contributed by atoms with Crippen LogP contribution in [-0.2, 0) is 9.53 Å². The van der Waals surface area contributed by atoms with Gasteiger partial charge in [0.1, 0.15) is 0 Å². The molecule has 0 saturated carbocycles. The van der Waals surface area contributed by atoms with E-state index in [9.17, 15) is 9.59 Å². The number of hydrogen-bond acceptors (Lipinski definition) is 5. The number of fused-ring (bicyclic) bond motifs is 1. The SMILES string of the molecule is C[C@@H](OC(=O)c1ccc2c(c1)OCO2)C(=O)Nc1ccccc1-c1ccccc1. The lowest BCUT2D eigenvalue weighted by molar-refractivity contribution is -0.123. The Hall–Kier alpha value is -3.80. The topological polar surface area (TPSA) is 73.9 Å². The molecular formula is C23H19NO5. The van der Waals surface area contributed by atoms with Gasteiger partial charge >= 0.3 is 5.97 Å². The highest BCUT2D eigenvalue weighted by Crippen LogP contribution is 2.33. The monoisotopic (exact) mass is 389 g/mol. The maximum Gasteiger partial charge on any atom is 0.339 e. The van der Waals surface area contributed by atoms with Crippen LogP contribution in [0.15, 0.2) is 72.8 Å². The molecule has 1 aliphatic heterocycles. The summed E-state index contributed by atoms with van der Waals surface area (Å²) in [6.07, 6.45) is -0.975. The van der Waals surface area contributed by atoms with Crippen LogP contribution in [0.2, 0.25) is 0 Å². The third-order valence-electron chi connectivity index (χ3n) is 4.53. The van der Waals surface area contributed by atoms with Gasteiger partial charge in [0, 0.05) is 11.3 Å². The number of amides is 1. The molecule has 0 spiro atoms. The lowest BCUT2D eigenvalue weighted by Crippen LogP contribution is -2.30. The number of anilines is 1. The maximum atomic E-state index is 12.6. The Bertz CT molecular complexity index is 1050. The molecule has 1 aliphatic rings. The molecule has 6 nitrogen and oxygen atoms in total. The molecule has 3 aromatic carbocycles. The molecule has 0 aromatic heterocycles. The largest absolute Gasteiger partial charge is 0.454 e. The van der Waals surface area contributed by atoms with E-state index in [1.165, 1.54) is 6.92 Å². The molecule has 1 atom stereocenters. The zero-order chi connectivity index (χ0) is 20.2. The molecule has 0 unspecified atom stereocenters. The van der Waals surface area contributed by atoms with Crippen LogP contribution in [0.3, 0.4) is 0 Å². The van der Waals surface area contributed by atoms with Crippen molar-refractivity contribution in [3.05, 3.63) is 78.4 Å². The highest BCUT2D eigenvalue weighted by atomic mass is 16.7. The highest BCUT2D eigenvalue weighted by molar-refractivity contribution is 6.00. The van der Waals surface area contributed by atoms with Crippen molar-refractivity contribution in [2.75, 3.05) is 12.1 Å². The quantitative estimate of drug-likeness (QED) is 0.660. The fourth-order valence-electron chi connectivity index (χ4n) is 3.00. The fourth-order valence-corrected chi connectivity index (χ4v) is 3.00. The summed E-state index contributed by atoms with van der Waals surface area (Å²) in [5.41, 5.74) is 2.80. The molecule has 0 radical (unpaired) electrons. The predicted molar refractivity (Wildman–Crippen MR) is 108 cm³/mol. The summed E-state index contributed by atoms with van der Waals surface area (Å²) >= 11 is 0. The number of rotatable bonds is 5. The Morgan fingerprint density at radius 1 is 0.931 bits per heavy atom. The Morgan fingerprint density at radius 2 is 1.66 bits per heavy atom. The van der Waals surface area contributed by atoms with E-state index in [1.54, 1.807) is 18.2 Å². The second-order valence-electron chi connectivity index (χ2n) is 6.52. The first-order valence-corrected chi connectivity index (χ1v) is 9.18. The number of benzene rings is 3. The lowest BCUT2D eigenvalue weighted by Gasteiger charge is -2.16. The number of carbonyl (C=O) groups is 2. The maximum absolute atomic E-state index is 12.6. The fraction of sp³-hybridized carbons (Fsp3) is 0.130. The van der Waals surface area contributed by atoms with Crippen LogP contribution in [-0.4, -0.2) is 24.8 Å². The molecule has 0 saturated heterocycles. The van der Waals surface area contributed by atoms with Crippen molar-refractivity contribution in [3.8, 4) is 22.6 Å². The van der Waals surface area contributed by atoms with Crippen LogP contribution >= 0.6 is 0 Å². The van der Waals surface area contributed by atoms with E-state index < -0.39 is 18.0 Å². The third kappa shape index (κ3) is 4.06. The molecular weight excluding hydrogens is 370 g/mol. The normalized spacial score (nSPS) is 12.9. The van der Waals surface area contributed by atoms with E-state index in [0.29, 0.717) is 22.7 Å². The highest BCUT2D eigenvalue weighted by Gasteiger charge is 2.22. The van der Waals surface area contributed by atoms with Crippen molar-refractivity contribution in [3.63, 3.8) is 0 Å². The average molecular weight is 389 g/mol. The van der Waals surface area contributed by atoms with Gasteiger partial charge in [-0.25, -0.2) is 4.79 Å². The summed E-state index contributed by atoms with van der Waals surface area (Å²) in [5, 5.41) is 2.85. The van der Waals surface area contributed by atoms with Crippen LogP contribution in [0.1, 0.15) is 17.3 Å². The number of hydrogen-bond donors (Lipinski definition) is 1. The van der Waals surface area contributed by atoms with Gasteiger partial charge in [-0.15, -0.1) is 0 Å². The minimum atomic E-state index is -0.975. The van der Waals surface area contributed by atoms with Crippen molar-refractivity contribution < 1.29 is 23.8 Å². The second-order valence-corrected chi connectivity index (χ2v) is 6.52. The van der Waals surface area contributed by atoms with Gasteiger partial charge in [-0.1, -0.05) is 48.5 Å². The van der Waals surface area contributed by atoms with Crippen LogP contribution in [0.4, 0.5) is 5.69 Å². The number of esters is 1. The smallest absolute Gasteiger partial charge is 0.339 e. The summed E-state index contributed by atoms with van der Waals surface area (Å²) in [6, 6.07) is 22.0. The Balaban J connectivity index is 1.45. The van der Waals surface area contributed by atoms with Crippen molar-refractivity contribution >= 4 is 17.6 Å². The Morgan fingerprint density at radius 3 is 2.48 bits per heavy atom. The van der Waals surface area contributed by atoms with E-state index in [4.69, 9.17) is 14.2 Å². The van der Waals surface area contributed by atoms with Crippen LogP contribution < -0.4 is 14.8 Å². The third-order valence-corrected chi connectivity index (χ3v) is 4.53. The molecule has 1 N–H and O–H groups in total. The van der Waals surface area contributed by atoms with Crippen molar-refractivity contribution in [1.82, 2.24) is 0 Å². The molecule has 3 aromatic rings. The van der Waals surface area contributed by atoms with Crippen LogP contribution in [0, 0.1) is 0 Å². The van der Waals surface area contributed by atoms with Crippen molar-refractivity contribution in [2.45, 2.75) is 13.0 Å². The van der Waals surface area contributed by atoms with Gasteiger partial charge in [-0.2, -0.15) is 0 Å². The second kappa shape index (κ2) is 8.06. The van der Waals surface area contributed by atoms with Gasteiger partial charge in [0.25, 0.3) is 5.91 Å². The summed E-state index contributed by atoms with van der Waals surface area (Å²) in [6.45, 7) is 1.65. The molecule has 4 rings (SSSR count). The van der Waals surface area contributed by atoms with Gasteiger partial charge in [0.2, 0.25) is 6.79 Å². The Kier molecular flexibility index (Phi) is 5.16. The van der Waals surface area contributed by atoms with Crippen molar-refractivity contribution in [1.29, 1.82) is 0 Å². The average Bonchev–Trinajstić information content (AvgIpc) is 3.22. The molecule has 1 amide bonds. The summed E-state index contributed by atoms with van der Waals surface area (Å²) in [5.74, 6) is 0.0305. The number of ether oxygens (including phenoxy) is 3. The van der Waals surface area contributed by atoms with E-state index >= 15 is 0 Å². The predicted octanol–water partition coefficient (Wildman–Crippen LogP) is 4.27. The first kappa shape index (κ1) is 18.6. The number of para-hydroxylation sites is 1. The van der Waals surface area contributed by atoms with Crippen LogP contribution in [0.25, 0.3) is 11.1 Å².